The average Bonchev–Trinajstić information content (AvgIpc) is 3.30. The first-order valence-electron chi connectivity index (χ1n) is 11.8. The summed E-state index contributed by atoms with van der Waals surface area (Å²) in [5.41, 5.74) is 5.19. The Hall–Kier alpha value is -3.29. The molecule has 4 aromatic rings. The van der Waals surface area contributed by atoms with Gasteiger partial charge in [0.1, 0.15) is 16.5 Å². The summed E-state index contributed by atoms with van der Waals surface area (Å²) in [6.45, 7) is 6.97. The van der Waals surface area contributed by atoms with Gasteiger partial charge in [-0.1, -0.05) is 13.0 Å². The Balaban J connectivity index is 1.47. The van der Waals surface area contributed by atoms with Gasteiger partial charge in [0.25, 0.3) is 5.56 Å². The number of anilines is 1. The van der Waals surface area contributed by atoms with Crippen molar-refractivity contribution in [1.82, 2.24) is 29.2 Å². The van der Waals surface area contributed by atoms with Crippen LogP contribution >= 0.6 is 15.9 Å². The van der Waals surface area contributed by atoms with E-state index in [-0.39, 0.29) is 18.1 Å². The molecular weight excluding hydrogens is 508 g/mol. The summed E-state index contributed by atoms with van der Waals surface area (Å²) in [5.74, 6) is 0. The van der Waals surface area contributed by atoms with E-state index in [2.05, 4.69) is 72.8 Å². The molecule has 4 heterocycles. The molecule has 3 aromatic heterocycles. The fourth-order valence-corrected chi connectivity index (χ4v) is 5.81. The monoisotopic (exact) mass is 534 g/mol. The van der Waals surface area contributed by atoms with Crippen LogP contribution in [0.25, 0.3) is 22.1 Å². The SMILES string of the molecule is CCC1CN(c2c(Br)c(=O)n(C)c3cn(CC#N)nc23)CCN1[C@@H](C)c1ccc2nccnc2c1. The maximum atomic E-state index is 13.0. The van der Waals surface area contributed by atoms with Crippen molar-refractivity contribution in [3.05, 3.63) is 57.2 Å². The maximum Gasteiger partial charge on any atom is 0.267 e. The highest BCUT2D eigenvalue weighted by Gasteiger charge is 2.32. The van der Waals surface area contributed by atoms with E-state index in [0.717, 1.165) is 53.8 Å². The first-order chi connectivity index (χ1) is 16.9. The van der Waals surface area contributed by atoms with Crippen LogP contribution in [0.5, 0.6) is 0 Å². The molecule has 5 rings (SSSR count). The van der Waals surface area contributed by atoms with Crippen LogP contribution in [0.2, 0.25) is 0 Å². The highest BCUT2D eigenvalue weighted by atomic mass is 79.9. The number of aromatic nitrogens is 5. The van der Waals surface area contributed by atoms with Crippen molar-refractivity contribution in [1.29, 1.82) is 5.26 Å². The molecule has 1 fully saturated rings. The lowest BCUT2D eigenvalue weighted by Gasteiger charge is -2.45. The van der Waals surface area contributed by atoms with Crippen LogP contribution in [0.3, 0.4) is 0 Å². The van der Waals surface area contributed by atoms with E-state index in [1.54, 1.807) is 34.9 Å². The van der Waals surface area contributed by atoms with Gasteiger partial charge in [-0.3, -0.25) is 24.3 Å². The van der Waals surface area contributed by atoms with Gasteiger partial charge >= 0.3 is 0 Å². The van der Waals surface area contributed by atoms with Crippen LogP contribution in [0.4, 0.5) is 5.69 Å². The number of fused-ring (bicyclic) bond motifs is 2. The zero-order chi connectivity index (χ0) is 24.7. The van der Waals surface area contributed by atoms with E-state index in [4.69, 9.17) is 5.26 Å². The average molecular weight is 535 g/mol. The summed E-state index contributed by atoms with van der Waals surface area (Å²) in [6, 6.07) is 8.95. The second-order valence-electron chi connectivity index (χ2n) is 8.97. The predicted octanol–water partition coefficient (Wildman–Crippen LogP) is 3.63. The van der Waals surface area contributed by atoms with E-state index in [1.165, 1.54) is 5.56 Å². The third kappa shape index (κ3) is 4.09. The second-order valence-corrected chi connectivity index (χ2v) is 9.76. The summed E-state index contributed by atoms with van der Waals surface area (Å²) >= 11 is 3.57. The number of halogens is 1. The molecule has 0 aliphatic carbocycles. The summed E-state index contributed by atoms with van der Waals surface area (Å²) in [6.07, 6.45) is 6.19. The minimum Gasteiger partial charge on any atom is -0.366 e. The minimum atomic E-state index is -0.106. The molecule has 0 amide bonds. The molecule has 9 nitrogen and oxygen atoms in total. The first-order valence-corrected chi connectivity index (χ1v) is 12.6. The number of aryl methyl sites for hydroxylation is 1. The Bertz CT molecular complexity index is 1500. The van der Waals surface area contributed by atoms with E-state index in [0.29, 0.717) is 10.5 Å². The summed E-state index contributed by atoms with van der Waals surface area (Å²) in [7, 11) is 1.74. The van der Waals surface area contributed by atoms with Crippen LogP contribution in [-0.4, -0.2) is 54.9 Å². The Labute approximate surface area is 211 Å². The summed E-state index contributed by atoms with van der Waals surface area (Å²) < 4.78 is 3.69. The molecular formula is C25H27BrN8O. The van der Waals surface area contributed by atoms with Crippen molar-refractivity contribution in [3.8, 4) is 6.07 Å². The van der Waals surface area contributed by atoms with E-state index in [1.807, 2.05) is 6.07 Å². The van der Waals surface area contributed by atoms with E-state index in [9.17, 15) is 4.79 Å². The Morgan fingerprint density at radius 2 is 2.00 bits per heavy atom. The predicted molar refractivity (Wildman–Crippen MR) is 139 cm³/mol. The van der Waals surface area contributed by atoms with Gasteiger partial charge in [0.2, 0.25) is 0 Å². The standard InChI is InChI=1S/C25H27BrN8O/c1-4-18-14-32(24-22(26)25(35)31(3)21-15-33(10-7-27)30-23(21)24)11-12-34(18)16(2)17-5-6-19-20(13-17)29-9-8-28-19/h5-6,8-9,13,15-16,18H,4,10-12,14H2,1-3H3/t16-,18?/m0/s1. The van der Waals surface area contributed by atoms with Gasteiger partial charge in [0.05, 0.1) is 34.5 Å². The molecule has 2 atom stereocenters. The zero-order valence-corrected chi connectivity index (χ0v) is 21.6. The zero-order valence-electron chi connectivity index (χ0n) is 20.0. The first kappa shape index (κ1) is 23.5. The fraction of sp³-hybridized carbons (Fsp3) is 0.400. The van der Waals surface area contributed by atoms with Crippen LogP contribution in [0, 0.1) is 11.3 Å². The van der Waals surface area contributed by atoms with Crippen LogP contribution in [0.15, 0.2) is 46.1 Å². The topological polar surface area (TPSA) is 95.9 Å². The van der Waals surface area contributed by atoms with Gasteiger partial charge in [-0.15, -0.1) is 0 Å². The van der Waals surface area contributed by atoms with Crippen LogP contribution in [0.1, 0.15) is 31.9 Å². The number of hydrogen-bond donors (Lipinski definition) is 0. The quantitative estimate of drug-likeness (QED) is 0.385. The Morgan fingerprint density at radius 3 is 2.74 bits per heavy atom. The Morgan fingerprint density at radius 1 is 1.23 bits per heavy atom. The van der Waals surface area contributed by atoms with Gasteiger partial charge < -0.3 is 9.47 Å². The van der Waals surface area contributed by atoms with Gasteiger partial charge in [-0.25, -0.2) is 0 Å². The lowest BCUT2D eigenvalue weighted by molar-refractivity contribution is 0.124. The van der Waals surface area contributed by atoms with Crippen LogP contribution < -0.4 is 10.5 Å². The van der Waals surface area contributed by atoms with Gasteiger partial charge in [-0.2, -0.15) is 10.4 Å². The molecule has 1 aliphatic rings. The van der Waals surface area contributed by atoms with Crippen molar-refractivity contribution in [2.24, 2.45) is 7.05 Å². The summed E-state index contributed by atoms with van der Waals surface area (Å²) in [5, 5.41) is 13.8. The molecule has 0 radical (unpaired) electrons. The van der Waals surface area contributed by atoms with Gasteiger partial charge in [-0.05, 0) is 47.0 Å². The number of benzene rings is 1. The molecule has 180 valence electrons. The number of piperazine rings is 1. The van der Waals surface area contributed by atoms with Gasteiger partial charge in [0, 0.05) is 51.2 Å². The van der Waals surface area contributed by atoms with Crippen molar-refractivity contribution in [2.75, 3.05) is 24.5 Å². The smallest absolute Gasteiger partial charge is 0.267 e. The molecule has 0 saturated carbocycles. The number of hydrogen-bond acceptors (Lipinski definition) is 7. The number of nitrogens with zero attached hydrogens (tertiary/aromatic N) is 8. The third-order valence-corrected chi connectivity index (χ3v) is 7.76. The Kier molecular flexibility index (Phi) is 6.30. The maximum absolute atomic E-state index is 13.0. The minimum absolute atomic E-state index is 0.106. The highest BCUT2D eigenvalue weighted by molar-refractivity contribution is 9.10. The molecule has 1 unspecified atom stereocenters. The molecule has 10 heteroatoms. The largest absolute Gasteiger partial charge is 0.366 e. The lowest BCUT2D eigenvalue weighted by Crippen LogP contribution is -2.54. The molecule has 1 saturated heterocycles. The normalized spacial score (nSPS) is 17.7. The molecule has 1 aliphatic heterocycles. The molecule has 1 aromatic carbocycles. The number of rotatable bonds is 5. The lowest BCUT2D eigenvalue weighted by atomic mass is 10.0. The van der Waals surface area contributed by atoms with Crippen molar-refractivity contribution >= 4 is 43.7 Å². The molecule has 0 spiro atoms. The van der Waals surface area contributed by atoms with Crippen LogP contribution in [-0.2, 0) is 13.6 Å². The van der Waals surface area contributed by atoms with E-state index < -0.39 is 0 Å². The molecule has 35 heavy (non-hydrogen) atoms. The summed E-state index contributed by atoms with van der Waals surface area (Å²) in [4.78, 5) is 26.7. The van der Waals surface area contributed by atoms with Crippen molar-refractivity contribution in [3.63, 3.8) is 0 Å². The van der Waals surface area contributed by atoms with Crippen molar-refractivity contribution < 1.29 is 0 Å². The molecule has 0 N–H and O–H groups in total. The fourth-order valence-electron chi connectivity index (χ4n) is 5.11. The van der Waals surface area contributed by atoms with Crippen molar-refractivity contribution in [2.45, 2.75) is 38.9 Å². The molecule has 0 bridgehead atoms. The van der Waals surface area contributed by atoms with Gasteiger partial charge in [0.15, 0.2) is 0 Å². The second kappa shape index (κ2) is 9.40. The highest BCUT2D eigenvalue weighted by Crippen LogP contribution is 2.35. The third-order valence-electron chi connectivity index (χ3n) is 7.05. The number of nitriles is 1. The number of pyridine rings is 1. The van der Waals surface area contributed by atoms with E-state index >= 15 is 0 Å².